The first-order chi connectivity index (χ1) is 9.43. The molecule has 0 fully saturated rings. The third kappa shape index (κ3) is 2.94. The molecule has 9 heteroatoms. The number of aryl methyl sites for hydroxylation is 1. The van der Waals surface area contributed by atoms with E-state index in [1.54, 1.807) is 20.0 Å². The molecule has 0 saturated heterocycles. The van der Waals surface area contributed by atoms with Gasteiger partial charge in [-0.15, -0.1) is 0 Å². The fourth-order valence-corrected chi connectivity index (χ4v) is 2.68. The van der Waals surface area contributed by atoms with E-state index in [1.807, 2.05) is 0 Å². The highest BCUT2D eigenvalue weighted by Gasteiger charge is 2.22. The highest BCUT2D eigenvalue weighted by Crippen LogP contribution is 2.16. The number of aromatic nitrogens is 4. The zero-order chi connectivity index (χ0) is 14.8. The van der Waals surface area contributed by atoms with Crippen LogP contribution < -0.4 is 5.32 Å². The highest BCUT2D eigenvalue weighted by atomic mass is 32.2. The molecule has 108 valence electrons. The summed E-state index contributed by atoms with van der Waals surface area (Å²) in [6.45, 7) is 1.85. The van der Waals surface area contributed by atoms with Crippen molar-refractivity contribution in [2.75, 3.05) is 19.4 Å². The number of sulfonamides is 1. The predicted octanol–water partition coefficient (Wildman–Crippen LogP) is 0.371. The number of rotatable bonds is 5. The Morgan fingerprint density at radius 3 is 2.65 bits per heavy atom. The van der Waals surface area contributed by atoms with Crippen LogP contribution in [0.1, 0.15) is 11.6 Å². The molecule has 2 N–H and O–H groups in total. The second kappa shape index (κ2) is 5.55. The van der Waals surface area contributed by atoms with E-state index < -0.39 is 10.0 Å². The zero-order valence-electron chi connectivity index (χ0n) is 11.5. The molecule has 0 bridgehead atoms. The van der Waals surface area contributed by atoms with Crippen LogP contribution in [0.25, 0.3) is 0 Å². The average molecular weight is 296 g/mol. The molecule has 0 radical (unpaired) electrons. The van der Waals surface area contributed by atoms with Crippen molar-refractivity contribution in [3.8, 4) is 0 Å². The van der Waals surface area contributed by atoms with Crippen molar-refractivity contribution in [3.63, 3.8) is 0 Å². The van der Waals surface area contributed by atoms with Gasteiger partial charge in [-0.05, 0) is 19.1 Å². The number of hydrogen-bond acceptors (Lipinski definition) is 6. The van der Waals surface area contributed by atoms with Crippen molar-refractivity contribution in [1.82, 2.24) is 24.5 Å². The van der Waals surface area contributed by atoms with E-state index in [2.05, 4.69) is 25.5 Å². The van der Waals surface area contributed by atoms with E-state index in [0.717, 1.165) is 0 Å². The standard InChI is InChI=1S/C11H16N6O2S/c1-8-14-11(16-15-8)7-17(3)20(18,19)9-4-5-10(12-2)13-6-9/h4-6H,7H2,1-3H3,(H,12,13)(H,14,15,16). The third-order valence-corrected chi connectivity index (χ3v) is 4.50. The fourth-order valence-electron chi connectivity index (χ4n) is 1.60. The number of aromatic amines is 1. The Labute approximate surface area is 117 Å². The van der Waals surface area contributed by atoms with E-state index in [0.29, 0.717) is 17.5 Å². The van der Waals surface area contributed by atoms with E-state index in [1.165, 1.54) is 23.6 Å². The van der Waals surface area contributed by atoms with Crippen LogP contribution in [0.3, 0.4) is 0 Å². The first-order valence-electron chi connectivity index (χ1n) is 5.91. The summed E-state index contributed by atoms with van der Waals surface area (Å²) in [7, 11) is -0.408. The first-order valence-corrected chi connectivity index (χ1v) is 7.35. The van der Waals surface area contributed by atoms with Gasteiger partial charge in [0.25, 0.3) is 0 Å². The van der Waals surface area contributed by atoms with Gasteiger partial charge in [-0.3, -0.25) is 5.10 Å². The Balaban J connectivity index is 2.19. The SMILES string of the molecule is CNc1ccc(S(=O)(=O)N(C)Cc2n[nH]c(C)n2)cn1. The molecule has 0 saturated carbocycles. The van der Waals surface area contributed by atoms with Gasteiger partial charge >= 0.3 is 0 Å². The van der Waals surface area contributed by atoms with E-state index in [9.17, 15) is 8.42 Å². The summed E-state index contributed by atoms with van der Waals surface area (Å²) in [5, 5.41) is 9.43. The molecule has 0 aromatic carbocycles. The second-order valence-electron chi connectivity index (χ2n) is 4.23. The number of nitrogens with zero attached hydrogens (tertiary/aromatic N) is 4. The van der Waals surface area contributed by atoms with Crippen LogP contribution >= 0.6 is 0 Å². The minimum absolute atomic E-state index is 0.0977. The topological polar surface area (TPSA) is 104 Å². The van der Waals surface area contributed by atoms with Gasteiger partial charge in [0.2, 0.25) is 10.0 Å². The number of nitrogens with one attached hydrogen (secondary N) is 2. The molecule has 0 spiro atoms. The van der Waals surface area contributed by atoms with Crippen LogP contribution in [-0.2, 0) is 16.6 Å². The zero-order valence-corrected chi connectivity index (χ0v) is 12.3. The Kier molecular flexibility index (Phi) is 4.00. The molecule has 2 rings (SSSR count). The summed E-state index contributed by atoms with van der Waals surface area (Å²) in [6.07, 6.45) is 1.32. The second-order valence-corrected chi connectivity index (χ2v) is 6.27. The maximum atomic E-state index is 12.3. The van der Waals surface area contributed by atoms with Gasteiger partial charge in [-0.1, -0.05) is 0 Å². The van der Waals surface area contributed by atoms with Crippen LogP contribution in [-0.4, -0.2) is 47.0 Å². The fraction of sp³-hybridized carbons (Fsp3) is 0.364. The molecule has 0 amide bonds. The van der Waals surface area contributed by atoms with Gasteiger partial charge in [0.1, 0.15) is 16.5 Å². The molecule has 8 nitrogen and oxygen atoms in total. The number of pyridine rings is 1. The highest BCUT2D eigenvalue weighted by molar-refractivity contribution is 7.89. The Morgan fingerprint density at radius 2 is 2.15 bits per heavy atom. The molecule has 0 aliphatic heterocycles. The lowest BCUT2D eigenvalue weighted by atomic mass is 10.5. The predicted molar refractivity (Wildman–Crippen MR) is 73.6 cm³/mol. The molecule has 20 heavy (non-hydrogen) atoms. The first kappa shape index (κ1) is 14.4. The largest absolute Gasteiger partial charge is 0.373 e. The van der Waals surface area contributed by atoms with Gasteiger partial charge in [-0.25, -0.2) is 18.4 Å². The molecular formula is C11H16N6O2S. The van der Waals surface area contributed by atoms with Gasteiger partial charge in [-0.2, -0.15) is 9.40 Å². The molecule has 0 unspecified atom stereocenters. The molecule has 0 aliphatic carbocycles. The minimum atomic E-state index is -3.60. The minimum Gasteiger partial charge on any atom is -0.373 e. The van der Waals surface area contributed by atoms with Crippen molar-refractivity contribution < 1.29 is 8.42 Å². The van der Waals surface area contributed by atoms with Crippen LogP contribution in [0.2, 0.25) is 0 Å². The number of H-pyrrole nitrogens is 1. The molecular weight excluding hydrogens is 280 g/mol. The lowest BCUT2D eigenvalue weighted by Crippen LogP contribution is -2.27. The average Bonchev–Trinajstić information content (AvgIpc) is 2.84. The lowest BCUT2D eigenvalue weighted by molar-refractivity contribution is 0.457. The molecule has 0 aliphatic rings. The summed E-state index contributed by atoms with van der Waals surface area (Å²) in [5.41, 5.74) is 0. The maximum absolute atomic E-state index is 12.3. The Morgan fingerprint density at radius 1 is 1.40 bits per heavy atom. The van der Waals surface area contributed by atoms with Gasteiger partial charge < -0.3 is 5.32 Å². The molecule has 2 aromatic rings. The van der Waals surface area contributed by atoms with Crippen LogP contribution in [0.15, 0.2) is 23.2 Å². The van der Waals surface area contributed by atoms with Crippen LogP contribution in [0.4, 0.5) is 5.82 Å². The summed E-state index contributed by atoms with van der Waals surface area (Å²) in [5.74, 6) is 1.68. The quantitative estimate of drug-likeness (QED) is 0.826. The Hall–Kier alpha value is -2.00. The van der Waals surface area contributed by atoms with Crippen molar-refractivity contribution in [2.45, 2.75) is 18.4 Å². The maximum Gasteiger partial charge on any atom is 0.244 e. The van der Waals surface area contributed by atoms with E-state index >= 15 is 0 Å². The van der Waals surface area contributed by atoms with Crippen molar-refractivity contribution in [2.24, 2.45) is 0 Å². The summed E-state index contributed by atoms with van der Waals surface area (Å²) in [6, 6.07) is 3.12. The van der Waals surface area contributed by atoms with E-state index in [-0.39, 0.29) is 11.4 Å². The van der Waals surface area contributed by atoms with Crippen LogP contribution in [0, 0.1) is 6.92 Å². The smallest absolute Gasteiger partial charge is 0.244 e. The summed E-state index contributed by atoms with van der Waals surface area (Å²) >= 11 is 0. The number of hydrogen-bond donors (Lipinski definition) is 2. The van der Waals surface area contributed by atoms with Crippen molar-refractivity contribution in [1.29, 1.82) is 0 Å². The lowest BCUT2D eigenvalue weighted by Gasteiger charge is -2.15. The van der Waals surface area contributed by atoms with Crippen molar-refractivity contribution >= 4 is 15.8 Å². The van der Waals surface area contributed by atoms with Gasteiger partial charge in [0.05, 0.1) is 6.54 Å². The summed E-state index contributed by atoms with van der Waals surface area (Å²) in [4.78, 5) is 8.22. The van der Waals surface area contributed by atoms with E-state index in [4.69, 9.17) is 0 Å². The van der Waals surface area contributed by atoms with Gasteiger partial charge in [0, 0.05) is 20.3 Å². The monoisotopic (exact) mass is 296 g/mol. The molecule has 2 heterocycles. The summed E-state index contributed by atoms with van der Waals surface area (Å²) < 4.78 is 25.9. The normalized spacial score (nSPS) is 11.8. The molecule has 0 atom stereocenters. The third-order valence-electron chi connectivity index (χ3n) is 2.71. The molecule has 2 aromatic heterocycles. The van der Waals surface area contributed by atoms with Crippen LogP contribution in [0.5, 0.6) is 0 Å². The Bertz CT molecular complexity index is 679. The van der Waals surface area contributed by atoms with Crippen molar-refractivity contribution in [3.05, 3.63) is 30.0 Å². The van der Waals surface area contributed by atoms with Gasteiger partial charge in [0.15, 0.2) is 5.82 Å². The number of anilines is 1.